The number of aryl methyl sites for hydroxylation is 1. The highest BCUT2D eigenvalue weighted by Gasteiger charge is 2.29. The van der Waals surface area contributed by atoms with Gasteiger partial charge in [0.05, 0.1) is 17.7 Å². The number of hydrogen-bond acceptors (Lipinski definition) is 4. The van der Waals surface area contributed by atoms with E-state index in [0.717, 1.165) is 47.6 Å². The van der Waals surface area contributed by atoms with Crippen LogP contribution in [0.3, 0.4) is 0 Å². The molecule has 3 rings (SSSR count). The van der Waals surface area contributed by atoms with Crippen molar-refractivity contribution in [3.63, 3.8) is 0 Å². The van der Waals surface area contributed by atoms with Gasteiger partial charge < -0.3 is 15.8 Å². The SMILES string of the molecule is Cc1cc(NC2(C)CCOC2)c2cc(N)ccc2n1. The van der Waals surface area contributed by atoms with E-state index >= 15 is 0 Å². The summed E-state index contributed by atoms with van der Waals surface area (Å²) < 4.78 is 5.50. The first-order valence-electron chi connectivity index (χ1n) is 6.59. The lowest BCUT2D eigenvalue weighted by atomic mass is 10.0. The fourth-order valence-corrected chi connectivity index (χ4v) is 2.57. The van der Waals surface area contributed by atoms with Crippen LogP contribution in [0.1, 0.15) is 19.0 Å². The smallest absolute Gasteiger partial charge is 0.0727 e. The van der Waals surface area contributed by atoms with Crippen molar-refractivity contribution in [2.24, 2.45) is 0 Å². The molecule has 0 radical (unpaired) electrons. The van der Waals surface area contributed by atoms with Gasteiger partial charge in [-0.25, -0.2) is 0 Å². The molecule has 4 nitrogen and oxygen atoms in total. The van der Waals surface area contributed by atoms with Crippen molar-refractivity contribution in [2.75, 3.05) is 24.3 Å². The van der Waals surface area contributed by atoms with Gasteiger partial charge in [0.25, 0.3) is 0 Å². The fourth-order valence-electron chi connectivity index (χ4n) is 2.57. The zero-order valence-corrected chi connectivity index (χ0v) is 11.4. The van der Waals surface area contributed by atoms with Crippen molar-refractivity contribution in [2.45, 2.75) is 25.8 Å². The van der Waals surface area contributed by atoms with Gasteiger partial charge in [-0.15, -0.1) is 0 Å². The number of pyridine rings is 1. The third-order valence-electron chi connectivity index (χ3n) is 3.62. The van der Waals surface area contributed by atoms with Crippen LogP contribution in [0.5, 0.6) is 0 Å². The van der Waals surface area contributed by atoms with Gasteiger partial charge in [0.1, 0.15) is 0 Å². The van der Waals surface area contributed by atoms with Crippen LogP contribution in [0.4, 0.5) is 11.4 Å². The number of nitrogens with zero attached hydrogens (tertiary/aromatic N) is 1. The summed E-state index contributed by atoms with van der Waals surface area (Å²) >= 11 is 0. The molecule has 2 heterocycles. The number of aromatic nitrogens is 1. The maximum Gasteiger partial charge on any atom is 0.0727 e. The Morgan fingerprint density at radius 2 is 2.21 bits per heavy atom. The minimum atomic E-state index is -0.00860. The molecule has 1 aliphatic rings. The van der Waals surface area contributed by atoms with E-state index in [1.54, 1.807) is 0 Å². The van der Waals surface area contributed by atoms with E-state index in [0.29, 0.717) is 0 Å². The Balaban J connectivity index is 2.08. The summed E-state index contributed by atoms with van der Waals surface area (Å²) in [5.74, 6) is 0. The molecule has 1 aliphatic heterocycles. The number of fused-ring (bicyclic) bond motifs is 1. The maximum absolute atomic E-state index is 5.89. The second-order valence-electron chi connectivity index (χ2n) is 5.58. The van der Waals surface area contributed by atoms with Gasteiger partial charge in [-0.1, -0.05) is 0 Å². The number of ether oxygens (including phenoxy) is 1. The van der Waals surface area contributed by atoms with Crippen LogP contribution in [0.2, 0.25) is 0 Å². The van der Waals surface area contributed by atoms with Crippen molar-refractivity contribution in [1.29, 1.82) is 0 Å². The molecule has 19 heavy (non-hydrogen) atoms. The molecule has 0 spiro atoms. The molecule has 100 valence electrons. The number of hydrogen-bond donors (Lipinski definition) is 2. The van der Waals surface area contributed by atoms with Crippen LogP contribution in [-0.4, -0.2) is 23.7 Å². The Bertz CT molecular complexity index is 618. The van der Waals surface area contributed by atoms with Gasteiger partial charge in [0.15, 0.2) is 0 Å². The van der Waals surface area contributed by atoms with E-state index < -0.39 is 0 Å². The van der Waals surface area contributed by atoms with Gasteiger partial charge in [-0.3, -0.25) is 4.98 Å². The lowest BCUT2D eigenvalue weighted by molar-refractivity contribution is 0.185. The molecule has 1 unspecified atom stereocenters. The van der Waals surface area contributed by atoms with E-state index in [-0.39, 0.29) is 5.54 Å². The molecule has 2 aromatic rings. The summed E-state index contributed by atoms with van der Waals surface area (Å²) in [5.41, 5.74) is 9.70. The van der Waals surface area contributed by atoms with Crippen molar-refractivity contribution >= 4 is 22.3 Å². The minimum absolute atomic E-state index is 0.00860. The van der Waals surface area contributed by atoms with Crippen LogP contribution in [0.15, 0.2) is 24.3 Å². The predicted molar refractivity (Wildman–Crippen MR) is 78.4 cm³/mol. The average molecular weight is 257 g/mol. The Labute approximate surface area is 113 Å². The molecule has 1 aromatic heterocycles. The van der Waals surface area contributed by atoms with Crippen molar-refractivity contribution < 1.29 is 4.74 Å². The normalized spacial score (nSPS) is 22.8. The first-order chi connectivity index (χ1) is 9.06. The molecule has 1 atom stereocenters. The number of rotatable bonds is 2. The Kier molecular flexibility index (Phi) is 2.82. The van der Waals surface area contributed by atoms with Crippen molar-refractivity contribution in [1.82, 2.24) is 4.98 Å². The molecule has 0 aliphatic carbocycles. The van der Waals surface area contributed by atoms with Crippen LogP contribution in [-0.2, 0) is 4.74 Å². The van der Waals surface area contributed by atoms with Crippen LogP contribution in [0, 0.1) is 6.92 Å². The summed E-state index contributed by atoms with van der Waals surface area (Å²) in [6.45, 7) is 5.74. The lowest BCUT2D eigenvalue weighted by Crippen LogP contribution is -2.35. The molecular formula is C15H19N3O. The first-order valence-corrected chi connectivity index (χ1v) is 6.59. The molecule has 1 aromatic carbocycles. The maximum atomic E-state index is 5.89. The summed E-state index contributed by atoms with van der Waals surface area (Å²) in [6, 6.07) is 7.91. The highest BCUT2D eigenvalue weighted by atomic mass is 16.5. The second kappa shape index (κ2) is 4.38. The Hall–Kier alpha value is -1.81. The number of benzene rings is 1. The highest BCUT2D eigenvalue weighted by molar-refractivity contribution is 5.93. The summed E-state index contributed by atoms with van der Waals surface area (Å²) in [4.78, 5) is 4.55. The van der Waals surface area contributed by atoms with Crippen molar-refractivity contribution in [3.8, 4) is 0 Å². The van der Waals surface area contributed by atoms with Crippen molar-refractivity contribution in [3.05, 3.63) is 30.0 Å². The van der Waals surface area contributed by atoms with Gasteiger partial charge in [0.2, 0.25) is 0 Å². The predicted octanol–water partition coefficient (Wildman–Crippen LogP) is 2.72. The van der Waals surface area contributed by atoms with Gasteiger partial charge >= 0.3 is 0 Å². The van der Waals surface area contributed by atoms with Gasteiger partial charge in [0, 0.05) is 29.1 Å². The largest absolute Gasteiger partial charge is 0.399 e. The van der Waals surface area contributed by atoms with Crippen LogP contribution < -0.4 is 11.1 Å². The summed E-state index contributed by atoms with van der Waals surface area (Å²) in [6.07, 6.45) is 1.01. The number of nitrogen functional groups attached to an aromatic ring is 1. The topological polar surface area (TPSA) is 60.2 Å². The first kappa shape index (κ1) is 12.2. The Morgan fingerprint density at radius 1 is 1.37 bits per heavy atom. The highest BCUT2D eigenvalue weighted by Crippen LogP contribution is 2.30. The summed E-state index contributed by atoms with van der Waals surface area (Å²) in [7, 11) is 0. The fraction of sp³-hybridized carbons (Fsp3) is 0.400. The third-order valence-corrected chi connectivity index (χ3v) is 3.62. The average Bonchev–Trinajstić information content (AvgIpc) is 2.77. The molecule has 1 saturated heterocycles. The van der Waals surface area contributed by atoms with Gasteiger partial charge in [-0.05, 0) is 44.5 Å². The van der Waals surface area contributed by atoms with Gasteiger partial charge in [-0.2, -0.15) is 0 Å². The summed E-state index contributed by atoms with van der Waals surface area (Å²) in [5, 5.41) is 4.68. The van der Waals surface area contributed by atoms with E-state index in [9.17, 15) is 0 Å². The van der Waals surface area contributed by atoms with Crippen LogP contribution >= 0.6 is 0 Å². The van der Waals surface area contributed by atoms with E-state index in [1.807, 2.05) is 25.1 Å². The van der Waals surface area contributed by atoms with E-state index in [1.165, 1.54) is 0 Å². The molecule has 3 N–H and O–H groups in total. The zero-order chi connectivity index (χ0) is 13.5. The molecule has 0 amide bonds. The molecule has 0 saturated carbocycles. The van der Waals surface area contributed by atoms with Crippen LogP contribution in [0.25, 0.3) is 10.9 Å². The quantitative estimate of drug-likeness (QED) is 0.812. The second-order valence-corrected chi connectivity index (χ2v) is 5.58. The monoisotopic (exact) mass is 257 g/mol. The number of nitrogens with two attached hydrogens (primary N) is 1. The minimum Gasteiger partial charge on any atom is -0.399 e. The van der Waals surface area contributed by atoms with E-state index in [4.69, 9.17) is 10.5 Å². The lowest BCUT2D eigenvalue weighted by Gasteiger charge is -2.26. The Morgan fingerprint density at radius 3 is 2.95 bits per heavy atom. The molecule has 4 heteroatoms. The third kappa shape index (κ3) is 2.36. The standard InChI is InChI=1S/C15H19N3O/c1-10-7-14(18-15(2)5-6-19-9-15)12-8-11(16)3-4-13(12)17-10/h3-4,7-8H,5-6,9,16H2,1-2H3,(H,17,18). The molecule has 0 bridgehead atoms. The molecular weight excluding hydrogens is 238 g/mol. The number of nitrogens with one attached hydrogen (secondary N) is 1. The molecule has 1 fully saturated rings. The zero-order valence-electron chi connectivity index (χ0n) is 11.4. The van der Waals surface area contributed by atoms with E-state index in [2.05, 4.69) is 23.3 Å². The number of anilines is 2.